The number of aryl methyl sites for hydroxylation is 1. The van der Waals surface area contributed by atoms with Gasteiger partial charge in [0.05, 0.1) is 30.9 Å². The normalized spacial score (nSPS) is 21.5. The zero-order chi connectivity index (χ0) is 20.2. The van der Waals surface area contributed by atoms with Crippen LogP contribution < -0.4 is 11.0 Å². The summed E-state index contributed by atoms with van der Waals surface area (Å²) in [4.78, 5) is 27.9. The van der Waals surface area contributed by atoms with Crippen LogP contribution in [0.5, 0.6) is 0 Å². The molecule has 0 radical (unpaired) electrons. The summed E-state index contributed by atoms with van der Waals surface area (Å²) in [5.74, 6) is 0.279. The molecule has 2 atom stereocenters. The molecule has 158 valence electrons. The summed E-state index contributed by atoms with van der Waals surface area (Å²) in [7, 11) is 0. The lowest BCUT2D eigenvalue weighted by atomic mass is 9.97. The first-order valence-electron chi connectivity index (χ1n) is 10.5. The molecule has 0 bridgehead atoms. The minimum atomic E-state index is -0.141. The zero-order valence-corrected chi connectivity index (χ0v) is 17.0. The van der Waals surface area contributed by atoms with Crippen molar-refractivity contribution in [1.29, 1.82) is 0 Å². The summed E-state index contributed by atoms with van der Waals surface area (Å²) >= 11 is 0. The van der Waals surface area contributed by atoms with E-state index in [1.54, 1.807) is 9.13 Å². The third kappa shape index (κ3) is 4.24. The van der Waals surface area contributed by atoms with E-state index in [0.29, 0.717) is 19.0 Å². The molecule has 1 N–H and O–H groups in total. The SMILES string of the molecule is CCn1c(=O)n(CC(=O)NCC(C2CCOC2)N2CCOCC2)c2ccccc21. The smallest absolute Gasteiger partial charge is 0.329 e. The number of aromatic nitrogens is 2. The Kier molecular flexibility index (Phi) is 6.32. The average Bonchev–Trinajstić information content (AvgIpc) is 3.36. The Labute approximate surface area is 170 Å². The number of nitrogens with one attached hydrogen (secondary N) is 1. The van der Waals surface area contributed by atoms with E-state index in [1.807, 2.05) is 31.2 Å². The number of morpholine rings is 1. The van der Waals surface area contributed by atoms with Crippen LogP contribution in [0.2, 0.25) is 0 Å². The first-order valence-corrected chi connectivity index (χ1v) is 10.5. The molecule has 1 aromatic carbocycles. The highest BCUT2D eigenvalue weighted by Crippen LogP contribution is 2.22. The number of para-hydroxylation sites is 2. The molecule has 2 aliphatic rings. The Hall–Kier alpha value is -2.16. The number of carbonyl (C=O) groups is 1. The van der Waals surface area contributed by atoms with Gasteiger partial charge in [-0.3, -0.25) is 18.8 Å². The fourth-order valence-corrected chi connectivity index (χ4v) is 4.51. The van der Waals surface area contributed by atoms with Crippen LogP contribution in [0.3, 0.4) is 0 Å². The van der Waals surface area contributed by atoms with Crippen LogP contribution in [0.4, 0.5) is 0 Å². The van der Waals surface area contributed by atoms with Crippen LogP contribution in [-0.2, 0) is 27.4 Å². The summed E-state index contributed by atoms with van der Waals surface area (Å²) in [5.41, 5.74) is 1.52. The number of carbonyl (C=O) groups excluding carboxylic acids is 1. The monoisotopic (exact) mass is 402 g/mol. The Morgan fingerprint density at radius 3 is 2.52 bits per heavy atom. The highest BCUT2D eigenvalue weighted by atomic mass is 16.5. The van der Waals surface area contributed by atoms with Gasteiger partial charge in [-0.15, -0.1) is 0 Å². The lowest BCUT2D eigenvalue weighted by Gasteiger charge is -2.37. The van der Waals surface area contributed by atoms with E-state index >= 15 is 0 Å². The van der Waals surface area contributed by atoms with Crippen LogP contribution in [0.15, 0.2) is 29.1 Å². The van der Waals surface area contributed by atoms with E-state index in [1.165, 1.54) is 0 Å². The highest BCUT2D eigenvalue weighted by Gasteiger charge is 2.31. The number of rotatable bonds is 7. The molecular weight excluding hydrogens is 372 g/mol. The lowest BCUT2D eigenvalue weighted by Crippen LogP contribution is -2.52. The molecule has 8 nitrogen and oxygen atoms in total. The predicted octanol–water partition coefficient (Wildman–Crippen LogP) is 0.676. The van der Waals surface area contributed by atoms with Gasteiger partial charge in [0, 0.05) is 44.7 Å². The zero-order valence-electron chi connectivity index (χ0n) is 17.0. The van der Waals surface area contributed by atoms with Gasteiger partial charge in [0.15, 0.2) is 0 Å². The molecule has 2 fully saturated rings. The van der Waals surface area contributed by atoms with E-state index in [2.05, 4.69) is 10.2 Å². The second kappa shape index (κ2) is 9.11. The molecule has 2 aromatic rings. The number of nitrogens with zero attached hydrogens (tertiary/aromatic N) is 3. The minimum Gasteiger partial charge on any atom is -0.381 e. The second-order valence-corrected chi connectivity index (χ2v) is 7.75. The van der Waals surface area contributed by atoms with E-state index in [4.69, 9.17) is 9.47 Å². The summed E-state index contributed by atoms with van der Waals surface area (Å²) in [5, 5.41) is 3.08. The molecule has 4 rings (SSSR count). The topological polar surface area (TPSA) is 77.7 Å². The number of hydrogen-bond acceptors (Lipinski definition) is 5. The third-order valence-electron chi connectivity index (χ3n) is 6.08. The maximum Gasteiger partial charge on any atom is 0.329 e. The maximum atomic E-state index is 12.8. The van der Waals surface area contributed by atoms with Gasteiger partial charge in [-0.2, -0.15) is 0 Å². The Balaban J connectivity index is 1.45. The van der Waals surface area contributed by atoms with Crippen molar-refractivity contribution in [3.05, 3.63) is 34.7 Å². The molecule has 2 saturated heterocycles. The average molecular weight is 402 g/mol. The maximum absolute atomic E-state index is 12.8. The van der Waals surface area contributed by atoms with Gasteiger partial charge in [-0.25, -0.2) is 4.79 Å². The molecule has 1 amide bonds. The van der Waals surface area contributed by atoms with Crippen molar-refractivity contribution in [2.24, 2.45) is 5.92 Å². The summed E-state index contributed by atoms with van der Waals surface area (Å²) in [6.45, 7) is 7.84. The van der Waals surface area contributed by atoms with Crippen LogP contribution >= 0.6 is 0 Å². The van der Waals surface area contributed by atoms with Crippen molar-refractivity contribution in [1.82, 2.24) is 19.4 Å². The van der Waals surface area contributed by atoms with E-state index < -0.39 is 0 Å². The van der Waals surface area contributed by atoms with Gasteiger partial charge in [-0.1, -0.05) is 12.1 Å². The van der Waals surface area contributed by atoms with Gasteiger partial charge in [0.25, 0.3) is 0 Å². The number of imidazole rings is 1. The van der Waals surface area contributed by atoms with Crippen LogP contribution in [-0.4, -0.2) is 72.0 Å². The molecular formula is C21H30N4O4. The largest absolute Gasteiger partial charge is 0.381 e. The van der Waals surface area contributed by atoms with Gasteiger partial charge >= 0.3 is 5.69 Å². The second-order valence-electron chi connectivity index (χ2n) is 7.75. The van der Waals surface area contributed by atoms with Gasteiger partial charge in [0.1, 0.15) is 6.54 Å². The quantitative estimate of drug-likeness (QED) is 0.737. The highest BCUT2D eigenvalue weighted by molar-refractivity contribution is 5.80. The number of fused-ring (bicyclic) bond motifs is 1. The Morgan fingerprint density at radius 1 is 1.14 bits per heavy atom. The number of amides is 1. The minimum absolute atomic E-state index is 0.0311. The first kappa shape index (κ1) is 20.1. The first-order chi connectivity index (χ1) is 14.2. The van der Waals surface area contributed by atoms with Crippen molar-refractivity contribution in [2.45, 2.75) is 32.5 Å². The molecule has 2 unspecified atom stereocenters. The van der Waals surface area contributed by atoms with Crippen LogP contribution in [0, 0.1) is 5.92 Å². The molecule has 2 aliphatic heterocycles. The fraction of sp³-hybridized carbons (Fsp3) is 0.619. The molecule has 1 aromatic heterocycles. The molecule has 8 heteroatoms. The third-order valence-corrected chi connectivity index (χ3v) is 6.08. The molecule has 3 heterocycles. The Morgan fingerprint density at radius 2 is 1.86 bits per heavy atom. The molecule has 0 saturated carbocycles. The van der Waals surface area contributed by atoms with E-state index in [-0.39, 0.29) is 24.2 Å². The van der Waals surface area contributed by atoms with Gasteiger partial charge in [-0.05, 0) is 25.5 Å². The van der Waals surface area contributed by atoms with Crippen molar-refractivity contribution in [2.75, 3.05) is 46.1 Å². The molecule has 0 spiro atoms. The predicted molar refractivity (Wildman–Crippen MR) is 110 cm³/mol. The van der Waals surface area contributed by atoms with Gasteiger partial charge in [0.2, 0.25) is 5.91 Å². The Bertz CT molecular complexity index is 894. The van der Waals surface area contributed by atoms with Gasteiger partial charge < -0.3 is 14.8 Å². The summed E-state index contributed by atoms with van der Waals surface area (Å²) in [6, 6.07) is 7.85. The molecule has 29 heavy (non-hydrogen) atoms. The van der Waals surface area contributed by atoms with Crippen molar-refractivity contribution < 1.29 is 14.3 Å². The van der Waals surface area contributed by atoms with Crippen LogP contribution in [0.1, 0.15) is 13.3 Å². The standard InChI is InChI=1S/C21H30N4O4/c1-2-24-17-5-3-4-6-18(17)25(21(24)27)14-20(26)22-13-19(16-7-10-29-15-16)23-8-11-28-12-9-23/h3-6,16,19H,2,7-15H2,1H3,(H,22,26). The number of ether oxygens (including phenoxy) is 2. The lowest BCUT2D eigenvalue weighted by molar-refractivity contribution is -0.122. The van der Waals surface area contributed by atoms with Crippen LogP contribution in [0.25, 0.3) is 11.0 Å². The van der Waals surface area contributed by atoms with E-state index in [9.17, 15) is 9.59 Å². The number of hydrogen-bond donors (Lipinski definition) is 1. The fourth-order valence-electron chi connectivity index (χ4n) is 4.51. The van der Waals surface area contributed by atoms with Crippen molar-refractivity contribution in [3.63, 3.8) is 0 Å². The summed E-state index contributed by atoms with van der Waals surface area (Å²) in [6.07, 6.45) is 1.02. The van der Waals surface area contributed by atoms with Crippen molar-refractivity contribution in [3.8, 4) is 0 Å². The summed E-state index contributed by atoms with van der Waals surface area (Å²) < 4.78 is 14.3. The van der Waals surface area contributed by atoms with E-state index in [0.717, 1.165) is 57.0 Å². The molecule has 0 aliphatic carbocycles. The van der Waals surface area contributed by atoms with Crippen molar-refractivity contribution >= 4 is 16.9 Å². The number of benzene rings is 1.